The Balaban J connectivity index is 2.11. The van der Waals surface area contributed by atoms with Gasteiger partial charge in [0.15, 0.2) is 0 Å². The van der Waals surface area contributed by atoms with Crippen LogP contribution in [0.5, 0.6) is 11.6 Å². The average molecular weight is 279 g/mol. The molecule has 0 atom stereocenters. The van der Waals surface area contributed by atoms with E-state index in [2.05, 4.69) is 32.8 Å². The first-order chi connectivity index (χ1) is 7.78. The summed E-state index contributed by atoms with van der Waals surface area (Å²) < 4.78 is 6.23. The maximum atomic E-state index is 5.54. The van der Waals surface area contributed by atoms with Crippen molar-refractivity contribution < 1.29 is 4.74 Å². The lowest BCUT2D eigenvalue weighted by molar-refractivity contribution is 0.459. The van der Waals surface area contributed by atoms with Crippen LogP contribution in [0, 0.1) is 0 Å². The summed E-state index contributed by atoms with van der Waals surface area (Å²) in [6.45, 7) is 2.12. The van der Waals surface area contributed by atoms with Crippen LogP contribution in [0.1, 0.15) is 12.5 Å². The van der Waals surface area contributed by atoms with Crippen LogP contribution in [-0.2, 0) is 6.42 Å². The Morgan fingerprint density at radius 1 is 1.12 bits per heavy atom. The molecule has 0 unspecified atom stereocenters. The van der Waals surface area contributed by atoms with E-state index in [4.69, 9.17) is 4.74 Å². The molecule has 4 heteroatoms. The predicted molar refractivity (Wildman–Crippen MR) is 65.6 cm³/mol. The molecule has 3 nitrogen and oxygen atoms in total. The molecule has 0 bridgehead atoms. The van der Waals surface area contributed by atoms with E-state index < -0.39 is 0 Å². The summed E-state index contributed by atoms with van der Waals surface area (Å²) >= 11 is 3.22. The molecule has 2 aromatic rings. The quantitative estimate of drug-likeness (QED) is 0.861. The smallest absolute Gasteiger partial charge is 0.237 e. The summed E-state index contributed by atoms with van der Waals surface area (Å²) in [7, 11) is 0. The lowest BCUT2D eigenvalue weighted by Gasteiger charge is -2.04. The van der Waals surface area contributed by atoms with Gasteiger partial charge in [-0.2, -0.15) is 0 Å². The van der Waals surface area contributed by atoms with Gasteiger partial charge in [0, 0.05) is 0 Å². The molecule has 0 N–H and O–H groups in total. The molecular formula is C12H11BrN2O. The number of rotatable bonds is 3. The number of halogens is 1. The van der Waals surface area contributed by atoms with Crippen molar-refractivity contribution in [2.24, 2.45) is 0 Å². The largest absolute Gasteiger partial charge is 0.438 e. The van der Waals surface area contributed by atoms with Crippen LogP contribution in [0.2, 0.25) is 0 Å². The second-order valence-electron chi connectivity index (χ2n) is 3.28. The second kappa shape index (κ2) is 5.07. The summed E-state index contributed by atoms with van der Waals surface area (Å²) in [6.07, 6.45) is 4.21. The van der Waals surface area contributed by atoms with Gasteiger partial charge in [-0.15, -0.1) is 0 Å². The molecule has 2 rings (SSSR count). The molecule has 82 valence electrons. The van der Waals surface area contributed by atoms with E-state index in [-0.39, 0.29) is 0 Å². The van der Waals surface area contributed by atoms with E-state index in [0.717, 1.165) is 12.2 Å². The topological polar surface area (TPSA) is 35.0 Å². The van der Waals surface area contributed by atoms with Crippen molar-refractivity contribution in [2.75, 3.05) is 0 Å². The molecule has 16 heavy (non-hydrogen) atoms. The Hall–Kier alpha value is -1.42. The molecule has 0 saturated heterocycles. The van der Waals surface area contributed by atoms with Crippen LogP contribution in [0.25, 0.3) is 0 Å². The van der Waals surface area contributed by atoms with Crippen molar-refractivity contribution in [2.45, 2.75) is 13.3 Å². The second-order valence-corrected chi connectivity index (χ2v) is 4.09. The van der Waals surface area contributed by atoms with E-state index in [9.17, 15) is 0 Å². The third kappa shape index (κ3) is 2.79. The van der Waals surface area contributed by atoms with Crippen LogP contribution in [0.4, 0.5) is 0 Å². The number of hydrogen-bond acceptors (Lipinski definition) is 3. The van der Waals surface area contributed by atoms with Gasteiger partial charge in [0.2, 0.25) is 5.88 Å². The fraction of sp³-hybridized carbons (Fsp3) is 0.167. The Morgan fingerprint density at radius 2 is 1.88 bits per heavy atom. The molecule has 0 spiro atoms. The Morgan fingerprint density at radius 3 is 2.44 bits per heavy atom. The van der Waals surface area contributed by atoms with E-state index in [0.29, 0.717) is 10.5 Å². The highest BCUT2D eigenvalue weighted by molar-refractivity contribution is 9.10. The van der Waals surface area contributed by atoms with Crippen molar-refractivity contribution >= 4 is 15.9 Å². The zero-order valence-corrected chi connectivity index (χ0v) is 10.4. The van der Waals surface area contributed by atoms with Crippen molar-refractivity contribution in [3.8, 4) is 11.6 Å². The van der Waals surface area contributed by atoms with Gasteiger partial charge in [-0.1, -0.05) is 19.1 Å². The van der Waals surface area contributed by atoms with Crippen molar-refractivity contribution in [3.63, 3.8) is 0 Å². The SMILES string of the molecule is CCc1ccc(Oc2cnc(Br)cn2)cc1. The standard InChI is InChI=1S/C12H11BrN2O/c1-2-9-3-5-10(6-4-9)16-12-8-14-11(13)7-15-12/h3-8H,2H2,1H3. The number of aromatic nitrogens is 2. The Kier molecular flexibility index (Phi) is 3.51. The molecule has 0 aliphatic heterocycles. The number of aryl methyl sites for hydroxylation is 1. The highest BCUT2D eigenvalue weighted by Crippen LogP contribution is 2.19. The number of nitrogens with zero attached hydrogens (tertiary/aromatic N) is 2. The molecule has 1 aromatic heterocycles. The van der Waals surface area contributed by atoms with Gasteiger partial charge in [-0.05, 0) is 40.0 Å². The lowest BCUT2D eigenvalue weighted by atomic mass is 10.2. The fourth-order valence-corrected chi connectivity index (χ4v) is 1.47. The Labute approximate surface area is 103 Å². The minimum Gasteiger partial charge on any atom is -0.438 e. The molecule has 0 aliphatic carbocycles. The maximum absolute atomic E-state index is 5.54. The number of ether oxygens (including phenoxy) is 1. The van der Waals surface area contributed by atoms with Crippen molar-refractivity contribution in [1.29, 1.82) is 0 Å². The van der Waals surface area contributed by atoms with Crippen molar-refractivity contribution in [3.05, 3.63) is 46.8 Å². The van der Waals surface area contributed by atoms with Crippen LogP contribution in [0.3, 0.4) is 0 Å². The number of benzene rings is 1. The zero-order chi connectivity index (χ0) is 11.4. The van der Waals surface area contributed by atoms with Gasteiger partial charge in [-0.25, -0.2) is 9.97 Å². The third-order valence-corrected chi connectivity index (χ3v) is 2.56. The highest BCUT2D eigenvalue weighted by Gasteiger charge is 1.99. The van der Waals surface area contributed by atoms with Crippen LogP contribution < -0.4 is 4.74 Å². The molecule has 1 heterocycles. The fourth-order valence-electron chi connectivity index (χ4n) is 1.27. The minimum absolute atomic E-state index is 0.493. The summed E-state index contributed by atoms with van der Waals surface area (Å²) in [6, 6.07) is 7.95. The monoisotopic (exact) mass is 278 g/mol. The summed E-state index contributed by atoms with van der Waals surface area (Å²) in [5.41, 5.74) is 1.29. The molecule has 0 fully saturated rings. The lowest BCUT2D eigenvalue weighted by Crippen LogP contribution is -1.89. The van der Waals surface area contributed by atoms with Gasteiger partial charge in [0.05, 0.1) is 12.4 Å². The van der Waals surface area contributed by atoms with E-state index in [1.54, 1.807) is 12.4 Å². The van der Waals surface area contributed by atoms with Gasteiger partial charge in [-0.3, -0.25) is 0 Å². The van der Waals surface area contributed by atoms with Gasteiger partial charge < -0.3 is 4.74 Å². The summed E-state index contributed by atoms with van der Waals surface area (Å²) in [5.74, 6) is 1.27. The first kappa shape index (κ1) is 11.1. The normalized spacial score (nSPS) is 10.1. The highest BCUT2D eigenvalue weighted by atomic mass is 79.9. The van der Waals surface area contributed by atoms with Gasteiger partial charge >= 0.3 is 0 Å². The van der Waals surface area contributed by atoms with E-state index >= 15 is 0 Å². The first-order valence-corrected chi connectivity index (χ1v) is 5.81. The maximum Gasteiger partial charge on any atom is 0.237 e. The first-order valence-electron chi connectivity index (χ1n) is 5.02. The molecule has 0 aliphatic rings. The number of hydrogen-bond donors (Lipinski definition) is 0. The van der Waals surface area contributed by atoms with Crippen LogP contribution >= 0.6 is 15.9 Å². The molecule has 1 aromatic carbocycles. The van der Waals surface area contributed by atoms with E-state index in [1.807, 2.05) is 24.3 Å². The average Bonchev–Trinajstić information content (AvgIpc) is 2.33. The van der Waals surface area contributed by atoms with Crippen molar-refractivity contribution in [1.82, 2.24) is 9.97 Å². The van der Waals surface area contributed by atoms with Gasteiger partial charge in [0.1, 0.15) is 10.4 Å². The molecule has 0 saturated carbocycles. The molecule has 0 amide bonds. The minimum atomic E-state index is 0.493. The predicted octanol–water partition coefficient (Wildman–Crippen LogP) is 3.59. The van der Waals surface area contributed by atoms with Crippen LogP contribution in [-0.4, -0.2) is 9.97 Å². The van der Waals surface area contributed by atoms with Crippen LogP contribution in [0.15, 0.2) is 41.3 Å². The third-order valence-electron chi connectivity index (χ3n) is 2.15. The zero-order valence-electron chi connectivity index (χ0n) is 8.85. The van der Waals surface area contributed by atoms with Gasteiger partial charge in [0.25, 0.3) is 0 Å². The molecule has 0 radical (unpaired) electrons. The molecular weight excluding hydrogens is 268 g/mol. The summed E-state index contributed by atoms with van der Waals surface area (Å²) in [4.78, 5) is 8.12. The summed E-state index contributed by atoms with van der Waals surface area (Å²) in [5, 5.41) is 0. The van der Waals surface area contributed by atoms with E-state index in [1.165, 1.54) is 5.56 Å². The Bertz CT molecular complexity index is 453.